The van der Waals surface area contributed by atoms with Crippen LogP contribution in [0, 0.1) is 5.82 Å². The quantitative estimate of drug-likeness (QED) is 0.432. The molecule has 3 aromatic rings. The molecule has 1 atom stereocenters. The number of hydrogen-bond acceptors (Lipinski definition) is 1. The molecule has 1 aromatic heterocycles. The summed E-state index contributed by atoms with van der Waals surface area (Å²) in [5.41, 5.74) is 1.59. The average Bonchev–Trinajstić information content (AvgIpc) is 2.95. The minimum Gasteiger partial charge on any atom is -0.361 e. The Morgan fingerprint density at radius 3 is 2.46 bits per heavy atom. The van der Waals surface area contributed by atoms with Crippen LogP contribution in [-0.4, -0.2) is 14.6 Å². The van der Waals surface area contributed by atoms with E-state index in [4.69, 9.17) is 34.8 Å². The van der Waals surface area contributed by atoms with Crippen LogP contribution in [0.15, 0.2) is 54.7 Å². The number of hydrogen-bond donors (Lipinski definition) is 1. The normalized spacial score (nSPS) is 13.2. The lowest BCUT2D eigenvalue weighted by Gasteiger charge is -2.23. The van der Waals surface area contributed by atoms with Crippen LogP contribution in [-0.2, 0) is 0 Å². The Bertz CT molecular complexity index is 885. The number of fused-ring (bicyclic) bond motifs is 1. The van der Waals surface area contributed by atoms with Crippen LogP contribution in [0.1, 0.15) is 28.3 Å². The molecule has 0 bridgehead atoms. The molecule has 0 aliphatic carbocycles. The Labute approximate surface area is 153 Å². The molecular weight excluding hydrogens is 372 g/mol. The van der Waals surface area contributed by atoms with Gasteiger partial charge in [0.2, 0.25) is 0 Å². The molecule has 124 valence electrons. The second-order valence-corrected chi connectivity index (χ2v) is 7.86. The van der Waals surface area contributed by atoms with Gasteiger partial charge in [0.15, 0.2) is 9.58 Å². The van der Waals surface area contributed by atoms with E-state index in [0.29, 0.717) is 0 Å². The Balaban J connectivity index is 1.99. The number of aromatic nitrogens is 1. The molecule has 0 saturated heterocycles. The molecule has 0 aliphatic rings. The van der Waals surface area contributed by atoms with Gasteiger partial charge >= 0.3 is 0 Å². The number of benzene rings is 2. The van der Waals surface area contributed by atoms with E-state index >= 15 is 0 Å². The van der Waals surface area contributed by atoms with Gasteiger partial charge in [-0.15, -0.1) is 0 Å². The summed E-state index contributed by atoms with van der Waals surface area (Å²) in [5, 5.41) is 0.871. The Morgan fingerprint density at radius 1 is 1.08 bits per heavy atom. The van der Waals surface area contributed by atoms with E-state index in [0.717, 1.165) is 16.5 Å². The summed E-state index contributed by atoms with van der Waals surface area (Å²) in [6.45, 7) is 0. The lowest BCUT2D eigenvalue weighted by atomic mass is 9.92. The summed E-state index contributed by atoms with van der Waals surface area (Å²) < 4.78 is 12.2. The van der Waals surface area contributed by atoms with Crippen molar-refractivity contribution in [3.05, 3.63) is 71.7 Å². The molecule has 0 spiro atoms. The molecule has 2 aromatic carbocycles. The van der Waals surface area contributed by atoms with E-state index in [1.165, 1.54) is 18.2 Å². The third-order valence-corrected chi connectivity index (χ3v) is 4.75. The van der Waals surface area contributed by atoms with Crippen molar-refractivity contribution in [3.63, 3.8) is 0 Å². The summed E-state index contributed by atoms with van der Waals surface area (Å²) in [6.07, 6.45) is 1.62. The van der Waals surface area contributed by atoms with Crippen LogP contribution in [0.4, 0.5) is 4.39 Å². The number of para-hydroxylation sites is 1. The third-order valence-electron chi connectivity index (χ3n) is 3.96. The van der Waals surface area contributed by atoms with Crippen LogP contribution >= 0.6 is 34.8 Å². The SMILES string of the molecule is O=C(C[C@@H](c1c[nH]c2ccccc12)C(Cl)(Cl)Cl)c1ccccc1F. The van der Waals surface area contributed by atoms with E-state index < -0.39 is 21.3 Å². The number of nitrogens with one attached hydrogen (secondary N) is 1. The molecular formula is C18H13Cl3FNO. The highest BCUT2D eigenvalue weighted by Crippen LogP contribution is 2.46. The van der Waals surface area contributed by atoms with Crippen molar-refractivity contribution in [3.8, 4) is 0 Å². The second kappa shape index (κ2) is 6.75. The van der Waals surface area contributed by atoms with E-state index in [1.807, 2.05) is 24.3 Å². The number of Topliss-reactive ketones (excluding diaryl/α,β-unsaturated/α-hetero) is 1. The first-order valence-electron chi connectivity index (χ1n) is 7.28. The summed E-state index contributed by atoms with van der Waals surface area (Å²) in [4.78, 5) is 15.6. The maximum absolute atomic E-state index is 13.9. The van der Waals surface area contributed by atoms with Gasteiger partial charge in [-0.05, 0) is 23.8 Å². The topological polar surface area (TPSA) is 32.9 Å². The number of carbonyl (C=O) groups excluding carboxylic acids is 1. The Hall–Kier alpha value is -1.55. The Morgan fingerprint density at radius 2 is 1.75 bits per heavy atom. The summed E-state index contributed by atoms with van der Waals surface area (Å²) in [6, 6.07) is 13.3. The zero-order chi connectivity index (χ0) is 17.3. The molecule has 2 nitrogen and oxygen atoms in total. The molecule has 0 unspecified atom stereocenters. The first kappa shape index (κ1) is 17.3. The van der Waals surface area contributed by atoms with Crippen LogP contribution in [0.5, 0.6) is 0 Å². The minimum absolute atomic E-state index is 0.00316. The summed E-state index contributed by atoms with van der Waals surface area (Å²) >= 11 is 18.4. The standard InChI is InChI=1S/C18H13Cl3FNO/c19-18(20,21)14(9-17(24)12-6-1-3-7-15(12)22)13-10-23-16-8-4-2-5-11(13)16/h1-8,10,14,23H,9H2/t14-/m0/s1. The first-order valence-corrected chi connectivity index (χ1v) is 8.42. The van der Waals surface area contributed by atoms with Gasteiger partial charge < -0.3 is 4.98 Å². The maximum Gasteiger partial charge on any atom is 0.197 e. The Kier molecular flexibility index (Phi) is 4.86. The summed E-state index contributed by atoms with van der Waals surface area (Å²) in [5.74, 6) is -1.69. The lowest BCUT2D eigenvalue weighted by Crippen LogP contribution is -2.21. The van der Waals surface area contributed by atoms with Gasteiger partial charge in [-0.3, -0.25) is 4.79 Å². The van der Waals surface area contributed by atoms with Gasteiger partial charge in [0, 0.05) is 29.4 Å². The fraction of sp³-hybridized carbons (Fsp3) is 0.167. The fourth-order valence-electron chi connectivity index (χ4n) is 2.77. The zero-order valence-corrected chi connectivity index (χ0v) is 14.7. The van der Waals surface area contributed by atoms with Gasteiger partial charge in [-0.1, -0.05) is 65.1 Å². The van der Waals surface area contributed by atoms with Crippen molar-refractivity contribution in [2.75, 3.05) is 0 Å². The largest absolute Gasteiger partial charge is 0.361 e. The van der Waals surface area contributed by atoms with Gasteiger partial charge in [-0.25, -0.2) is 4.39 Å². The van der Waals surface area contributed by atoms with Gasteiger partial charge in [0.05, 0.1) is 5.56 Å². The smallest absolute Gasteiger partial charge is 0.197 e. The number of alkyl halides is 3. The molecule has 0 fully saturated rings. The van der Waals surface area contributed by atoms with Crippen LogP contribution in [0.2, 0.25) is 0 Å². The first-order chi connectivity index (χ1) is 11.4. The lowest BCUT2D eigenvalue weighted by molar-refractivity contribution is 0.0970. The van der Waals surface area contributed by atoms with E-state index in [-0.39, 0.29) is 12.0 Å². The molecule has 0 aliphatic heterocycles. The van der Waals surface area contributed by atoms with Crippen molar-refractivity contribution in [2.45, 2.75) is 16.1 Å². The molecule has 1 N–H and O–H groups in total. The van der Waals surface area contributed by atoms with Crippen molar-refractivity contribution < 1.29 is 9.18 Å². The van der Waals surface area contributed by atoms with Gasteiger partial charge in [0.25, 0.3) is 0 Å². The number of H-pyrrole nitrogens is 1. The molecule has 24 heavy (non-hydrogen) atoms. The predicted octanol–water partition coefficient (Wildman–Crippen LogP) is 6.03. The molecule has 1 heterocycles. The van der Waals surface area contributed by atoms with E-state index in [1.54, 1.807) is 12.3 Å². The van der Waals surface area contributed by atoms with E-state index in [2.05, 4.69) is 4.98 Å². The molecule has 0 saturated carbocycles. The van der Waals surface area contributed by atoms with E-state index in [9.17, 15) is 9.18 Å². The highest BCUT2D eigenvalue weighted by Gasteiger charge is 2.37. The molecule has 0 radical (unpaired) electrons. The van der Waals surface area contributed by atoms with Gasteiger partial charge in [-0.2, -0.15) is 0 Å². The highest BCUT2D eigenvalue weighted by atomic mass is 35.6. The fourth-order valence-corrected chi connectivity index (χ4v) is 3.35. The van der Waals surface area contributed by atoms with Crippen LogP contribution in [0.3, 0.4) is 0 Å². The van der Waals surface area contributed by atoms with Crippen LogP contribution in [0.25, 0.3) is 10.9 Å². The zero-order valence-electron chi connectivity index (χ0n) is 12.4. The number of rotatable bonds is 4. The molecule has 3 rings (SSSR count). The van der Waals surface area contributed by atoms with Crippen molar-refractivity contribution >= 4 is 51.5 Å². The third kappa shape index (κ3) is 3.44. The molecule has 6 heteroatoms. The number of aromatic amines is 1. The van der Waals surface area contributed by atoms with Crippen LogP contribution < -0.4 is 0 Å². The monoisotopic (exact) mass is 383 g/mol. The van der Waals surface area contributed by atoms with Gasteiger partial charge in [0.1, 0.15) is 5.82 Å². The van der Waals surface area contributed by atoms with Crippen molar-refractivity contribution in [1.82, 2.24) is 4.98 Å². The summed E-state index contributed by atoms with van der Waals surface area (Å²) in [7, 11) is 0. The second-order valence-electron chi connectivity index (χ2n) is 5.49. The highest BCUT2D eigenvalue weighted by molar-refractivity contribution is 6.68. The number of carbonyl (C=O) groups is 1. The number of ketones is 1. The average molecular weight is 385 g/mol. The number of halogens is 4. The van der Waals surface area contributed by atoms with Crippen molar-refractivity contribution in [1.29, 1.82) is 0 Å². The molecule has 0 amide bonds. The maximum atomic E-state index is 13.9. The van der Waals surface area contributed by atoms with Crippen molar-refractivity contribution in [2.24, 2.45) is 0 Å². The minimum atomic E-state index is -1.70. The predicted molar refractivity (Wildman–Crippen MR) is 96.7 cm³/mol.